The number of hydrogen-bond acceptors (Lipinski definition) is 7. The van der Waals surface area contributed by atoms with Crippen LogP contribution in [0.5, 0.6) is 6.01 Å². The molecule has 2 aliphatic heterocycles. The first-order valence-electron chi connectivity index (χ1n) is 10.7. The van der Waals surface area contributed by atoms with E-state index >= 15 is 0 Å². The monoisotopic (exact) mass is 413 g/mol. The number of ether oxygens (including phenoxy) is 1. The molecule has 1 aromatic heterocycles. The molecule has 30 heavy (non-hydrogen) atoms. The predicted octanol–water partition coefficient (Wildman–Crippen LogP) is 3.50. The average molecular weight is 413 g/mol. The van der Waals surface area contributed by atoms with Crippen LogP contribution in [0.15, 0.2) is 24.3 Å². The highest BCUT2D eigenvalue weighted by molar-refractivity contribution is 5.97. The fraction of sp³-hybridized carbons (Fsp3) is 0.545. The highest BCUT2D eigenvalue weighted by Gasteiger charge is 2.28. The molecule has 0 unspecified atom stereocenters. The topological polar surface area (TPSA) is 71.5 Å². The maximum absolute atomic E-state index is 13.1. The lowest BCUT2D eigenvalue weighted by Crippen LogP contribution is -2.38. The summed E-state index contributed by atoms with van der Waals surface area (Å²) in [5, 5.41) is 0. The summed E-state index contributed by atoms with van der Waals surface area (Å²) in [6.45, 7) is 3.26. The minimum absolute atomic E-state index is 0.0690. The summed E-state index contributed by atoms with van der Waals surface area (Å²) in [5.41, 5.74) is 0.570. The van der Waals surface area contributed by atoms with Crippen LogP contribution in [0.2, 0.25) is 0 Å². The third-order valence-corrected chi connectivity index (χ3v) is 5.94. The van der Waals surface area contributed by atoms with Crippen molar-refractivity contribution in [2.75, 3.05) is 43.1 Å². The number of halogens is 1. The number of hydrogen-bond donors (Lipinski definition) is 0. The van der Waals surface area contributed by atoms with Crippen LogP contribution in [0.25, 0.3) is 0 Å². The molecule has 7 nitrogen and oxygen atoms in total. The number of anilines is 2. The summed E-state index contributed by atoms with van der Waals surface area (Å²) in [6, 6.07) is 6.12. The molecule has 0 atom stereocenters. The van der Waals surface area contributed by atoms with Gasteiger partial charge in [0.2, 0.25) is 11.9 Å². The second kappa shape index (κ2) is 9.36. The zero-order valence-corrected chi connectivity index (χ0v) is 17.4. The zero-order valence-electron chi connectivity index (χ0n) is 17.4. The van der Waals surface area contributed by atoms with E-state index in [0.29, 0.717) is 49.4 Å². The van der Waals surface area contributed by atoms with Gasteiger partial charge in [0.15, 0.2) is 5.78 Å². The summed E-state index contributed by atoms with van der Waals surface area (Å²) in [5.74, 6) is 0.955. The van der Waals surface area contributed by atoms with Gasteiger partial charge in [-0.05, 0) is 49.9 Å². The van der Waals surface area contributed by atoms with E-state index < -0.39 is 0 Å². The van der Waals surface area contributed by atoms with Crippen molar-refractivity contribution in [2.24, 2.45) is 5.92 Å². The SMILES string of the molecule is COc1nc(N2CCCCCC2)nc(N2CCC(C(=O)c3ccc(F)cc3)CC2)n1. The number of carbonyl (C=O) groups excluding carboxylic acids is 1. The molecule has 2 saturated heterocycles. The van der Waals surface area contributed by atoms with Gasteiger partial charge in [0.1, 0.15) is 5.82 Å². The molecule has 160 valence electrons. The van der Waals surface area contributed by atoms with Gasteiger partial charge >= 0.3 is 6.01 Å². The molecule has 2 fully saturated rings. The Morgan fingerprint density at radius 3 is 2.03 bits per heavy atom. The average Bonchev–Trinajstić information content (AvgIpc) is 3.08. The quantitative estimate of drug-likeness (QED) is 0.695. The largest absolute Gasteiger partial charge is 0.467 e. The normalized spacial score (nSPS) is 18.2. The summed E-state index contributed by atoms with van der Waals surface area (Å²) < 4.78 is 18.5. The Morgan fingerprint density at radius 1 is 0.900 bits per heavy atom. The van der Waals surface area contributed by atoms with Gasteiger partial charge in [-0.25, -0.2) is 4.39 Å². The van der Waals surface area contributed by atoms with Crippen molar-refractivity contribution in [1.82, 2.24) is 15.0 Å². The number of ketones is 1. The minimum atomic E-state index is -0.328. The van der Waals surface area contributed by atoms with Crippen LogP contribution in [-0.4, -0.2) is 54.0 Å². The van der Waals surface area contributed by atoms with E-state index in [-0.39, 0.29) is 17.5 Å². The fourth-order valence-corrected chi connectivity index (χ4v) is 4.17. The number of nitrogens with zero attached hydrogens (tertiary/aromatic N) is 5. The molecule has 0 N–H and O–H groups in total. The van der Waals surface area contributed by atoms with Crippen molar-refractivity contribution in [3.63, 3.8) is 0 Å². The highest BCUT2D eigenvalue weighted by Crippen LogP contribution is 2.26. The molecule has 4 rings (SSSR count). The number of methoxy groups -OCH3 is 1. The van der Waals surface area contributed by atoms with Crippen molar-refractivity contribution < 1.29 is 13.9 Å². The molecule has 8 heteroatoms. The van der Waals surface area contributed by atoms with Crippen molar-refractivity contribution >= 4 is 17.7 Å². The predicted molar refractivity (Wildman–Crippen MR) is 113 cm³/mol. The minimum Gasteiger partial charge on any atom is -0.467 e. The van der Waals surface area contributed by atoms with Crippen molar-refractivity contribution in [1.29, 1.82) is 0 Å². The molecule has 0 radical (unpaired) electrons. The van der Waals surface area contributed by atoms with Crippen LogP contribution >= 0.6 is 0 Å². The molecule has 2 aliphatic rings. The summed E-state index contributed by atoms with van der Waals surface area (Å²) in [7, 11) is 1.57. The summed E-state index contributed by atoms with van der Waals surface area (Å²) in [4.78, 5) is 30.7. The van der Waals surface area contributed by atoms with E-state index in [4.69, 9.17) is 9.72 Å². The Bertz CT molecular complexity index is 860. The molecule has 0 aliphatic carbocycles. The van der Waals surface area contributed by atoms with Gasteiger partial charge in [-0.1, -0.05) is 12.8 Å². The van der Waals surface area contributed by atoms with Crippen LogP contribution in [0.3, 0.4) is 0 Å². The van der Waals surface area contributed by atoms with E-state index in [1.807, 2.05) is 0 Å². The van der Waals surface area contributed by atoms with Crippen LogP contribution < -0.4 is 14.5 Å². The van der Waals surface area contributed by atoms with Crippen LogP contribution in [0, 0.1) is 11.7 Å². The Kier molecular flexibility index (Phi) is 6.40. The lowest BCUT2D eigenvalue weighted by Gasteiger charge is -2.32. The van der Waals surface area contributed by atoms with E-state index in [2.05, 4.69) is 19.8 Å². The molecule has 1 aromatic carbocycles. The first-order chi connectivity index (χ1) is 14.6. The fourth-order valence-electron chi connectivity index (χ4n) is 4.17. The Hall–Kier alpha value is -2.77. The van der Waals surface area contributed by atoms with Gasteiger partial charge in [-0.2, -0.15) is 15.0 Å². The second-order valence-corrected chi connectivity index (χ2v) is 7.96. The van der Waals surface area contributed by atoms with Crippen LogP contribution in [-0.2, 0) is 0 Å². The zero-order chi connectivity index (χ0) is 20.9. The maximum atomic E-state index is 13.1. The Labute approximate surface area is 176 Å². The van der Waals surface area contributed by atoms with Crippen molar-refractivity contribution in [3.8, 4) is 6.01 Å². The van der Waals surface area contributed by atoms with E-state index in [9.17, 15) is 9.18 Å². The van der Waals surface area contributed by atoms with Gasteiger partial charge in [0.05, 0.1) is 7.11 Å². The molecule has 0 bridgehead atoms. The van der Waals surface area contributed by atoms with Crippen molar-refractivity contribution in [2.45, 2.75) is 38.5 Å². The molecular weight excluding hydrogens is 385 g/mol. The number of piperidine rings is 1. The smallest absolute Gasteiger partial charge is 0.322 e. The number of rotatable bonds is 5. The van der Waals surface area contributed by atoms with E-state index in [0.717, 1.165) is 25.9 Å². The molecule has 0 spiro atoms. The third kappa shape index (κ3) is 4.68. The Morgan fingerprint density at radius 2 is 1.47 bits per heavy atom. The molecular formula is C22H28FN5O2. The van der Waals surface area contributed by atoms with Crippen LogP contribution in [0.4, 0.5) is 16.3 Å². The number of benzene rings is 1. The van der Waals surface area contributed by atoms with Gasteiger partial charge in [-0.3, -0.25) is 4.79 Å². The second-order valence-electron chi connectivity index (χ2n) is 7.96. The van der Waals surface area contributed by atoms with Gasteiger partial charge < -0.3 is 14.5 Å². The summed E-state index contributed by atoms with van der Waals surface area (Å²) >= 11 is 0. The highest BCUT2D eigenvalue weighted by atomic mass is 19.1. The first kappa shape index (κ1) is 20.5. The number of Topliss-reactive ketones (excluding diaryl/α,β-unsaturated/α-hetero) is 1. The molecule has 3 heterocycles. The molecule has 0 amide bonds. The van der Waals surface area contributed by atoms with E-state index in [1.165, 1.54) is 25.0 Å². The van der Waals surface area contributed by atoms with Gasteiger partial charge in [0.25, 0.3) is 0 Å². The van der Waals surface area contributed by atoms with Crippen molar-refractivity contribution in [3.05, 3.63) is 35.6 Å². The van der Waals surface area contributed by atoms with Gasteiger partial charge in [0, 0.05) is 37.7 Å². The number of carbonyl (C=O) groups is 1. The number of aromatic nitrogens is 3. The molecule has 2 aromatic rings. The standard InChI is InChI=1S/C22H28FN5O2/c1-30-22-25-20(27-12-4-2-3-5-13-27)24-21(26-22)28-14-10-17(11-15-28)19(29)16-6-8-18(23)9-7-16/h6-9,17H,2-5,10-15H2,1H3. The maximum Gasteiger partial charge on any atom is 0.322 e. The lowest BCUT2D eigenvalue weighted by molar-refractivity contribution is 0.0900. The lowest BCUT2D eigenvalue weighted by atomic mass is 9.89. The third-order valence-electron chi connectivity index (χ3n) is 5.94. The van der Waals surface area contributed by atoms with E-state index in [1.54, 1.807) is 19.2 Å². The first-order valence-corrected chi connectivity index (χ1v) is 10.7. The summed E-state index contributed by atoms with van der Waals surface area (Å²) in [6.07, 6.45) is 6.18. The van der Waals surface area contributed by atoms with Crippen LogP contribution in [0.1, 0.15) is 48.9 Å². The van der Waals surface area contributed by atoms with Gasteiger partial charge in [-0.15, -0.1) is 0 Å². The Balaban J connectivity index is 1.45. The molecule has 0 saturated carbocycles.